The van der Waals surface area contributed by atoms with E-state index in [4.69, 9.17) is 0 Å². The van der Waals surface area contributed by atoms with Gasteiger partial charge >= 0.3 is 0 Å². The second-order valence-electron chi connectivity index (χ2n) is 15.1. The number of pyridine rings is 1. The normalized spacial score (nSPS) is 20.8. The highest BCUT2D eigenvalue weighted by Crippen LogP contribution is 2.39. The molecule has 1 aromatic heterocycles. The lowest BCUT2D eigenvalue weighted by atomic mass is 9.72. The molecule has 1 saturated heterocycles. The molecule has 3 aromatic rings. The quantitative estimate of drug-likeness (QED) is 0.260. The maximum atomic E-state index is 14.0. The van der Waals surface area contributed by atoms with E-state index in [-0.39, 0.29) is 35.8 Å². The number of nitrogens with zero attached hydrogens (tertiary/aromatic N) is 3. The first-order valence-corrected chi connectivity index (χ1v) is 17.7. The Morgan fingerprint density at radius 2 is 1.71 bits per heavy atom. The van der Waals surface area contributed by atoms with E-state index >= 15 is 0 Å². The number of benzene rings is 2. The van der Waals surface area contributed by atoms with E-state index < -0.39 is 12.1 Å². The Labute approximate surface area is 291 Å². The molecule has 0 spiro atoms. The minimum absolute atomic E-state index is 0.00233. The first-order valence-electron chi connectivity index (χ1n) is 17.7. The summed E-state index contributed by atoms with van der Waals surface area (Å²) >= 11 is 0. The van der Waals surface area contributed by atoms with E-state index in [1.165, 1.54) is 12.8 Å². The number of fused-ring (bicyclic) bond motifs is 1. The fourth-order valence-corrected chi connectivity index (χ4v) is 7.42. The molecular formula is C40H53N5O4. The van der Waals surface area contributed by atoms with Gasteiger partial charge in [-0.2, -0.15) is 0 Å². The zero-order valence-electron chi connectivity index (χ0n) is 29.7. The Hall–Kier alpha value is -4.08. The molecule has 9 heteroatoms. The summed E-state index contributed by atoms with van der Waals surface area (Å²) < 4.78 is 0. The van der Waals surface area contributed by atoms with Crippen molar-refractivity contribution in [3.63, 3.8) is 0 Å². The molecule has 3 N–H and O–H groups in total. The van der Waals surface area contributed by atoms with Crippen LogP contribution in [0.1, 0.15) is 90.4 Å². The van der Waals surface area contributed by atoms with Gasteiger partial charge in [-0.3, -0.25) is 24.3 Å². The molecule has 2 aromatic carbocycles. The van der Waals surface area contributed by atoms with Crippen LogP contribution in [0.2, 0.25) is 0 Å². The van der Waals surface area contributed by atoms with Crippen molar-refractivity contribution in [3.05, 3.63) is 101 Å². The Morgan fingerprint density at radius 1 is 1.00 bits per heavy atom. The fraction of sp³-hybridized carbons (Fsp3) is 0.500. The first-order chi connectivity index (χ1) is 23.4. The highest BCUT2D eigenvalue weighted by Gasteiger charge is 2.42. The third kappa shape index (κ3) is 9.76. The maximum absolute atomic E-state index is 14.0. The van der Waals surface area contributed by atoms with Gasteiger partial charge in [-0.25, -0.2) is 0 Å². The summed E-state index contributed by atoms with van der Waals surface area (Å²) in [5.74, 6) is 0.440. The van der Waals surface area contributed by atoms with Gasteiger partial charge in [0, 0.05) is 43.0 Å². The number of aliphatic hydroxyl groups is 1. The van der Waals surface area contributed by atoms with Crippen LogP contribution < -0.4 is 10.6 Å². The molecule has 2 aliphatic rings. The van der Waals surface area contributed by atoms with Gasteiger partial charge in [0.2, 0.25) is 5.91 Å². The van der Waals surface area contributed by atoms with Gasteiger partial charge in [0.1, 0.15) is 0 Å². The molecular weight excluding hydrogens is 614 g/mol. The summed E-state index contributed by atoms with van der Waals surface area (Å²) in [6.45, 7) is 9.17. The number of amides is 3. The Bertz CT molecular complexity index is 1570. The lowest BCUT2D eigenvalue weighted by Gasteiger charge is -2.47. The maximum Gasteiger partial charge on any atom is 0.253 e. The smallest absolute Gasteiger partial charge is 0.253 e. The average Bonchev–Trinajstić information content (AvgIpc) is 3.07. The highest BCUT2D eigenvalue weighted by molar-refractivity contribution is 6.00. The number of β-amino-alcohol motifs (C(OH)–C–C–N with tert-alkyl or cyclic N) is 1. The largest absolute Gasteiger partial charge is 0.390 e. The lowest BCUT2D eigenvalue weighted by Crippen LogP contribution is -2.60. The topological polar surface area (TPSA) is 115 Å². The number of aryl methyl sites for hydroxylation is 1. The Morgan fingerprint density at radius 3 is 2.41 bits per heavy atom. The van der Waals surface area contributed by atoms with Gasteiger partial charge < -0.3 is 20.6 Å². The van der Waals surface area contributed by atoms with Gasteiger partial charge in [0.25, 0.3) is 11.8 Å². The molecule has 5 rings (SSSR count). The van der Waals surface area contributed by atoms with Gasteiger partial charge in [-0.1, -0.05) is 61.7 Å². The molecule has 0 radical (unpaired) electrons. The van der Waals surface area contributed by atoms with Crippen LogP contribution in [0.25, 0.3) is 0 Å². The number of hydrogen-bond donors (Lipinski definition) is 3. The summed E-state index contributed by atoms with van der Waals surface area (Å²) in [5, 5.41) is 18.2. The highest BCUT2D eigenvalue weighted by atomic mass is 16.3. The zero-order chi connectivity index (χ0) is 35.1. The lowest BCUT2D eigenvalue weighted by molar-refractivity contribution is -0.132. The van der Waals surface area contributed by atoms with E-state index in [1.807, 2.05) is 76.2 Å². The van der Waals surface area contributed by atoms with Crippen molar-refractivity contribution >= 4 is 17.7 Å². The van der Waals surface area contributed by atoms with Crippen LogP contribution in [-0.2, 0) is 17.8 Å². The molecule has 1 saturated carbocycles. The van der Waals surface area contributed by atoms with Gasteiger partial charge in [-0.05, 0) is 94.2 Å². The predicted octanol–water partition coefficient (Wildman–Crippen LogP) is 5.16. The molecule has 1 aliphatic carbocycles. The molecule has 3 amide bonds. The second kappa shape index (κ2) is 16.1. The number of aliphatic hydroxyl groups excluding tert-OH is 1. The van der Waals surface area contributed by atoms with Crippen LogP contribution >= 0.6 is 0 Å². The molecule has 5 atom stereocenters. The monoisotopic (exact) mass is 667 g/mol. The van der Waals surface area contributed by atoms with Crippen LogP contribution in [0.3, 0.4) is 0 Å². The number of piperidine rings is 1. The summed E-state index contributed by atoms with van der Waals surface area (Å²) in [5.41, 5.74) is 2.90. The second-order valence-corrected chi connectivity index (χ2v) is 15.1. The molecule has 0 unspecified atom stereocenters. The van der Waals surface area contributed by atoms with Crippen molar-refractivity contribution in [1.29, 1.82) is 0 Å². The van der Waals surface area contributed by atoms with Crippen LogP contribution in [0.4, 0.5) is 0 Å². The first kappa shape index (κ1) is 36.2. The average molecular weight is 668 g/mol. The minimum Gasteiger partial charge on any atom is -0.390 e. The molecule has 1 aliphatic heterocycles. The number of likely N-dealkylation sites (tertiary alicyclic amines) is 1. The number of rotatable bonds is 11. The molecule has 2 heterocycles. The number of carbonyl (C=O) groups is 3. The Kier molecular flexibility index (Phi) is 11.9. The van der Waals surface area contributed by atoms with E-state index in [1.54, 1.807) is 36.3 Å². The van der Waals surface area contributed by atoms with Crippen molar-refractivity contribution in [2.24, 2.45) is 11.8 Å². The predicted molar refractivity (Wildman–Crippen MR) is 192 cm³/mol. The van der Waals surface area contributed by atoms with E-state index in [0.29, 0.717) is 35.9 Å². The molecule has 0 bridgehead atoms. The summed E-state index contributed by atoms with van der Waals surface area (Å²) in [4.78, 5) is 49.1. The number of carbonyl (C=O) groups excluding carboxylic acids is 3. The van der Waals surface area contributed by atoms with Crippen LogP contribution in [0.5, 0.6) is 0 Å². The summed E-state index contributed by atoms with van der Waals surface area (Å²) in [6, 6.07) is 19.6. The molecule has 2 fully saturated rings. The van der Waals surface area contributed by atoms with Gasteiger partial charge in [-0.15, -0.1) is 0 Å². The third-order valence-corrected chi connectivity index (χ3v) is 10.0. The van der Waals surface area contributed by atoms with Crippen molar-refractivity contribution < 1.29 is 19.5 Å². The summed E-state index contributed by atoms with van der Waals surface area (Å²) in [7, 11) is 1.72. The van der Waals surface area contributed by atoms with E-state index in [9.17, 15) is 19.5 Å². The van der Waals surface area contributed by atoms with Crippen LogP contribution in [-0.4, -0.2) is 81.5 Å². The summed E-state index contributed by atoms with van der Waals surface area (Å²) in [6.07, 6.45) is 6.64. The third-order valence-electron chi connectivity index (χ3n) is 10.0. The van der Waals surface area contributed by atoms with Gasteiger partial charge in [0.15, 0.2) is 0 Å². The van der Waals surface area contributed by atoms with Crippen LogP contribution in [0, 0.1) is 18.8 Å². The van der Waals surface area contributed by atoms with Crippen molar-refractivity contribution in [2.45, 2.75) is 96.5 Å². The van der Waals surface area contributed by atoms with Crippen LogP contribution in [0.15, 0.2) is 72.9 Å². The fourth-order valence-electron chi connectivity index (χ4n) is 7.42. The zero-order valence-corrected chi connectivity index (χ0v) is 29.7. The standard InChI is InChI=1S/C40H53N5O4/c1-27-18-19-30(39(49)44(5)25-32-17-11-12-20-41-32)22-33(27)37(47)42-34(21-28-13-7-6-8-14-28)36(46)26-45-24-31-16-10-9-15-29(31)23-35(45)38(48)43-40(2,3)4/h6-8,11-14,17-20,22,29,31,34-36,46H,9-10,15-16,21,23-26H2,1-5H3,(H,42,47)(H,43,48)/t29-,31+,34-,35-,36-/m0/s1. The Balaban J connectivity index is 1.35. The number of nitrogens with one attached hydrogen (secondary N) is 2. The van der Waals surface area contributed by atoms with Gasteiger partial charge in [0.05, 0.1) is 30.4 Å². The molecule has 262 valence electrons. The number of aromatic nitrogens is 1. The molecule has 9 nitrogen and oxygen atoms in total. The molecule has 49 heavy (non-hydrogen) atoms. The minimum atomic E-state index is -0.941. The SMILES string of the molecule is Cc1ccc(C(=O)N(C)Cc2ccccn2)cc1C(=O)N[C@@H](Cc1ccccc1)[C@@H](O)CN1C[C@H]2CCCC[C@H]2C[C@H]1C(=O)NC(C)(C)C. The van der Waals surface area contributed by atoms with Crippen molar-refractivity contribution in [3.8, 4) is 0 Å². The van der Waals surface area contributed by atoms with Crippen molar-refractivity contribution in [2.75, 3.05) is 20.1 Å². The van der Waals surface area contributed by atoms with E-state index in [2.05, 4.69) is 20.5 Å². The van der Waals surface area contributed by atoms with E-state index in [0.717, 1.165) is 42.6 Å². The van der Waals surface area contributed by atoms with Crippen molar-refractivity contribution in [1.82, 2.24) is 25.4 Å². The number of hydrogen-bond acceptors (Lipinski definition) is 6.